The Morgan fingerprint density at radius 2 is 2.00 bits per heavy atom. The Labute approximate surface area is 152 Å². The molecule has 2 N–H and O–H groups in total. The third-order valence-corrected chi connectivity index (χ3v) is 4.73. The topological polar surface area (TPSA) is 95.7 Å². The van der Waals surface area contributed by atoms with E-state index >= 15 is 0 Å². The number of hydrogen-bond acceptors (Lipinski definition) is 6. The minimum atomic E-state index is 0.181. The zero-order valence-corrected chi connectivity index (χ0v) is 14.6. The first kappa shape index (κ1) is 15.9. The van der Waals surface area contributed by atoms with Crippen LogP contribution < -0.4 is 5.73 Å². The average molecular weight is 375 g/mol. The lowest BCUT2D eigenvalue weighted by atomic mass is 10.1. The molecule has 7 nitrogen and oxygen atoms in total. The summed E-state index contributed by atoms with van der Waals surface area (Å²) >= 11 is 12.5. The van der Waals surface area contributed by atoms with Crippen LogP contribution in [0.2, 0.25) is 10.0 Å². The van der Waals surface area contributed by atoms with Crippen LogP contribution in [0.25, 0.3) is 33.8 Å². The van der Waals surface area contributed by atoms with Crippen molar-refractivity contribution in [1.82, 2.24) is 24.8 Å². The molecule has 4 aromatic rings. The van der Waals surface area contributed by atoms with Gasteiger partial charge < -0.3 is 10.3 Å². The molecule has 0 atom stereocenters. The smallest absolute Gasteiger partial charge is 0.199 e. The van der Waals surface area contributed by atoms with Crippen LogP contribution in [-0.4, -0.2) is 24.8 Å². The maximum absolute atomic E-state index is 6.37. The number of anilines is 1. The van der Waals surface area contributed by atoms with E-state index in [-0.39, 0.29) is 5.82 Å². The summed E-state index contributed by atoms with van der Waals surface area (Å²) in [6, 6.07) is 7.28. The summed E-state index contributed by atoms with van der Waals surface area (Å²) in [6.07, 6.45) is 1.71. The third kappa shape index (κ3) is 2.43. The summed E-state index contributed by atoms with van der Waals surface area (Å²) in [5, 5.41) is 8.38. The SMILES string of the molecule is CCn1c(-c2nonc2N)nc2c(-c3cccc(Cl)c3Cl)nccc21. The first-order chi connectivity index (χ1) is 12.1. The van der Waals surface area contributed by atoms with Crippen LogP contribution in [0.15, 0.2) is 35.1 Å². The van der Waals surface area contributed by atoms with Crippen molar-refractivity contribution in [3.05, 3.63) is 40.5 Å². The largest absolute Gasteiger partial charge is 0.379 e. The van der Waals surface area contributed by atoms with E-state index in [9.17, 15) is 0 Å². The Morgan fingerprint density at radius 3 is 2.72 bits per heavy atom. The highest BCUT2D eigenvalue weighted by Crippen LogP contribution is 2.37. The first-order valence-corrected chi connectivity index (χ1v) is 8.25. The zero-order chi connectivity index (χ0) is 17.6. The van der Waals surface area contributed by atoms with Crippen molar-refractivity contribution < 1.29 is 4.63 Å². The number of nitrogens with two attached hydrogens (primary N) is 1. The Kier molecular flexibility index (Phi) is 3.82. The second-order valence-electron chi connectivity index (χ2n) is 5.31. The van der Waals surface area contributed by atoms with Gasteiger partial charge in [0, 0.05) is 18.3 Å². The van der Waals surface area contributed by atoms with Crippen molar-refractivity contribution in [1.29, 1.82) is 0 Å². The van der Waals surface area contributed by atoms with Crippen LogP contribution in [0, 0.1) is 0 Å². The fraction of sp³-hybridized carbons (Fsp3) is 0.125. The molecule has 0 saturated heterocycles. The number of aromatic nitrogens is 5. The van der Waals surface area contributed by atoms with Gasteiger partial charge in [-0.25, -0.2) is 9.61 Å². The van der Waals surface area contributed by atoms with Crippen molar-refractivity contribution in [2.24, 2.45) is 0 Å². The Hall–Kier alpha value is -2.64. The molecule has 25 heavy (non-hydrogen) atoms. The summed E-state index contributed by atoms with van der Waals surface area (Å²) in [6.45, 7) is 2.66. The van der Waals surface area contributed by atoms with Crippen molar-refractivity contribution in [3.63, 3.8) is 0 Å². The van der Waals surface area contributed by atoms with Crippen molar-refractivity contribution >= 4 is 40.1 Å². The van der Waals surface area contributed by atoms with Crippen molar-refractivity contribution in [3.8, 4) is 22.8 Å². The normalized spacial score (nSPS) is 11.3. The molecule has 0 saturated carbocycles. The van der Waals surface area contributed by atoms with Crippen molar-refractivity contribution in [2.75, 3.05) is 5.73 Å². The summed E-state index contributed by atoms with van der Waals surface area (Å²) in [5.41, 5.74) is 9.11. The van der Waals surface area contributed by atoms with Gasteiger partial charge in [0.25, 0.3) is 0 Å². The molecule has 126 valence electrons. The van der Waals surface area contributed by atoms with E-state index in [1.54, 1.807) is 12.3 Å². The van der Waals surface area contributed by atoms with Crippen LogP contribution in [0.4, 0.5) is 5.82 Å². The molecule has 9 heteroatoms. The molecule has 0 aliphatic heterocycles. The Balaban J connectivity index is 2.04. The lowest BCUT2D eigenvalue weighted by Gasteiger charge is -2.06. The predicted molar refractivity (Wildman–Crippen MR) is 96.4 cm³/mol. The van der Waals surface area contributed by atoms with Gasteiger partial charge in [-0.2, -0.15) is 0 Å². The van der Waals surface area contributed by atoms with E-state index in [2.05, 4.69) is 15.3 Å². The number of hydrogen-bond donors (Lipinski definition) is 1. The summed E-state index contributed by atoms with van der Waals surface area (Å²) in [5.74, 6) is 0.740. The van der Waals surface area contributed by atoms with Gasteiger partial charge in [0.2, 0.25) is 0 Å². The molecule has 0 fully saturated rings. The summed E-state index contributed by atoms with van der Waals surface area (Å²) < 4.78 is 6.68. The number of fused-ring (bicyclic) bond motifs is 1. The van der Waals surface area contributed by atoms with E-state index in [1.165, 1.54) is 0 Å². The molecule has 0 spiro atoms. The average Bonchev–Trinajstić information content (AvgIpc) is 3.19. The summed E-state index contributed by atoms with van der Waals surface area (Å²) in [7, 11) is 0. The molecule has 0 amide bonds. The highest BCUT2D eigenvalue weighted by atomic mass is 35.5. The summed E-state index contributed by atoms with van der Waals surface area (Å²) in [4.78, 5) is 9.15. The zero-order valence-electron chi connectivity index (χ0n) is 13.1. The van der Waals surface area contributed by atoms with Gasteiger partial charge in [0.05, 0.1) is 21.3 Å². The molecule has 0 unspecified atom stereocenters. The van der Waals surface area contributed by atoms with Gasteiger partial charge in [-0.1, -0.05) is 35.3 Å². The van der Waals surface area contributed by atoms with Crippen LogP contribution in [-0.2, 0) is 6.54 Å². The lowest BCUT2D eigenvalue weighted by Crippen LogP contribution is -1.99. The molecule has 0 radical (unpaired) electrons. The molecule has 0 bridgehead atoms. The van der Waals surface area contributed by atoms with E-state index in [1.807, 2.05) is 29.7 Å². The molecule has 0 aliphatic rings. The van der Waals surface area contributed by atoms with Gasteiger partial charge in [0.15, 0.2) is 17.3 Å². The van der Waals surface area contributed by atoms with Crippen LogP contribution in [0.1, 0.15) is 6.92 Å². The van der Waals surface area contributed by atoms with Gasteiger partial charge in [-0.15, -0.1) is 0 Å². The maximum atomic E-state index is 6.37. The second kappa shape index (κ2) is 6.02. The minimum absolute atomic E-state index is 0.181. The van der Waals surface area contributed by atoms with Crippen LogP contribution in [0.3, 0.4) is 0 Å². The van der Waals surface area contributed by atoms with Gasteiger partial charge in [-0.05, 0) is 29.4 Å². The standard InChI is InChI=1S/C16H12Cl2N6O/c1-2-24-10-6-7-20-12(8-4-3-5-9(17)11(8)18)13(10)21-16(24)14-15(19)23-25-22-14/h3-7H,2H2,1H3,(H2,19,23). The fourth-order valence-corrected chi connectivity index (χ4v) is 3.18. The lowest BCUT2D eigenvalue weighted by molar-refractivity contribution is 0.310. The van der Waals surface area contributed by atoms with Crippen LogP contribution >= 0.6 is 23.2 Å². The molecule has 4 rings (SSSR count). The number of aryl methyl sites for hydroxylation is 1. The second-order valence-corrected chi connectivity index (χ2v) is 6.09. The minimum Gasteiger partial charge on any atom is -0.379 e. The van der Waals surface area contributed by atoms with Gasteiger partial charge in [0.1, 0.15) is 5.52 Å². The maximum Gasteiger partial charge on any atom is 0.199 e. The molecule has 3 heterocycles. The Bertz CT molecular complexity index is 1090. The monoisotopic (exact) mass is 374 g/mol. The first-order valence-electron chi connectivity index (χ1n) is 7.49. The number of rotatable bonds is 3. The predicted octanol–water partition coefficient (Wildman–Crippen LogP) is 4.06. The highest BCUT2D eigenvalue weighted by molar-refractivity contribution is 6.43. The van der Waals surface area contributed by atoms with Crippen LogP contribution in [0.5, 0.6) is 0 Å². The van der Waals surface area contributed by atoms with E-state index in [4.69, 9.17) is 38.5 Å². The molecular formula is C16H12Cl2N6O. The number of imidazole rings is 1. The molecule has 3 aromatic heterocycles. The number of pyridine rings is 1. The fourth-order valence-electron chi connectivity index (χ4n) is 2.79. The third-order valence-electron chi connectivity index (χ3n) is 3.92. The quantitative estimate of drug-likeness (QED) is 0.580. The van der Waals surface area contributed by atoms with Crippen molar-refractivity contribution in [2.45, 2.75) is 13.5 Å². The van der Waals surface area contributed by atoms with Gasteiger partial charge >= 0.3 is 0 Å². The van der Waals surface area contributed by atoms with E-state index in [0.29, 0.717) is 44.9 Å². The number of nitrogens with zero attached hydrogens (tertiary/aromatic N) is 5. The van der Waals surface area contributed by atoms with E-state index < -0.39 is 0 Å². The Morgan fingerprint density at radius 1 is 1.16 bits per heavy atom. The van der Waals surface area contributed by atoms with Gasteiger partial charge in [-0.3, -0.25) is 4.98 Å². The number of benzene rings is 1. The molecule has 0 aliphatic carbocycles. The number of halogens is 2. The highest BCUT2D eigenvalue weighted by Gasteiger charge is 2.21. The molecule has 1 aromatic carbocycles. The molecular weight excluding hydrogens is 363 g/mol. The van der Waals surface area contributed by atoms with E-state index in [0.717, 1.165) is 5.52 Å². The number of nitrogen functional groups attached to an aromatic ring is 1.